The normalized spacial score (nSPS) is 17.6. The zero-order valence-corrected chi connectivity index (χ0v) is 33.1. The number of H-pyrrole nitrogens is 1. The van der Waals surface area contributed by atoms with Gasteiger partial charge in [-0.3, -0.25) is 34.1 Å². The number of nitrogens with zero attached hydrogens (tertiary/aromatic N) is 6. The molecule has 0 aliphatic carbocycles. The van der Waals surface area contributed by atoms with Crippen molar-refractivity contribution in [3.63, 3.8) is 0 Å². The Bertz CT molecular complexity index is 2420. The van der Waals surface area contributed by atoms with E-state index in [0.717, 1.165) is 35.4 Å². The number of carbonyl (C=O) groups excluding carboxylic acids is 4. The summed E-state index contributed by atoms with van der Waals surface area (Å²) in [5, 5.41) is 10.1. The number of anilines is 2. The van der Waals surface area contributed by atoms with Gasteiger partial charge in [0, 0.05) is 108 Å². The van der Waals surface area contributed by atoms with Crippen LogP contribution < -0.4 is 15.5 Å². The van der Waals surface area contributed by atoms with Gasteiger partial charge in [-0.05, 0) is 71.5 Å². The number of halogens is 2. The molecule has 2 fully saturated rings. The van der Waals surface area contributed by atoms with Crippen LogP contribution in [0, 0.1) is 11.6 Å². The highest BCUT2D eigenvalue weighted by atomic mass is 19.1. The summed E-state index contributed by atoms with van der Waals surface area (Å²) < 4.78 is 33.6. The van der Waals surface area contributed by atoms with Gasteiger partial charge >= 0.3 is 0 Å². The Balaban J connectivity index is 0.956. The lowest BCUT2D eigenvalue weighted by Crippen LogP contribution is -2.47. The van der Waals surface area contributed by atoms with Crippen LogP contribution in [0.3, 0.4) is 0 Å². The lowest BCUT2D eigenvalue weighted by Gasteiger charge is -2.36. The van der Waals surface area contributed by atoms with E-state index in [0.29, 0.717) is 67.9 Å². The number of piperidine rings is 1. The molecular weight excluding hydrogens is 757 g/mol. The fourth-order valence-corrected chi connectivity index (χ4v) is 8.12. The van der Waals surface area contributed by atoms with E-state index in [1.165, 1.54) is 11.0 Å². The number of amides is 4. The van der Waals surface area contributed by atoms with Crippen molar-refractivity contribution in [3.8, 4) is 11.1 Å². The van der Waals surface area contributed by atoms with Gasteiger partial charge in [-0.2, -0.15) is 5.10 Å². The van der Waals surface area contributed by atoms with Crippen molar-refractivity contribution in [1.82, 2.24) is 34.8 Å². The Morgan fingerprint density at radius 2 is 1.76 bits per heavy atom. The van der Waals surface area contributed by atoms with Gasteiger partial charge in [0.25, 0.3) is 5.91 Å². The molecule has 3 aliphatic rings. The van der Waals surface area contributed by atoms with Crippen LogP contribution in [0.4, 0.5) is 20.2 Å². The van der Waals surface area contributed by atoms with Crippen molar-refractivity contribution < 1.29 is 28.0 Å². The molecule has 13 nitrogen and oxygen atoms in total. The zero-order chi connectivity index (χ0) is 41.2. The number of imide groups is 1. The molecule has 5 heterocycles. The van der Waals surface area contributed by atoms with E-state index in [1.54, 1.807) is 48.1 Å². The Morgan fingerprint density at radius 3 is 2.47 bits per heavy atom. The first-order chi connectivity index (χ1) is 28.5. The van der Waals surface area contributed by atoms with Crippen molar-refractivity contribution in [2.24, 2.45) is 0 Å². The van der Waals surface area contributed by atoms with Gasteiger partial charge in [0.05, 0.1) is 11.2 Å². The van der Waals surface area contributed by atoms with E-state index in [-0.39, 0.29) is 54.1 Å². The van der Waals surface area contributed by atoms with Crippen LogP contribution in [0.15, 0.2) is 79.1 Å². The number of aromatic nitrogens is 3. The minimum atomic E-state index is -0.585. The summed E-state index contributed by atoms with van der Waals surface area (Å²) in [5.74, 6) is -1.83. The summed E-state index contributed by atoms with van der Waals surface area (Å²) in [7, 11) is 3.31. The van der Waals surface area contributed by atoms with Crippen molar-refractivity contribution in [1.29, 1.82) is 0 Å². The van der Waals surface area contributed by atoms with E-state index in [4.69, 9.17) is 0 Å². The summed E-state index contributed by atoms with van der Waals surface area (Å²) in [6.07, 6.45) is 6.98. The van der Waals surface area contributed by atoms with Crippen LogP contribution in [0.5, 0.6) is 0 Å². The van der Waals surface area contributed by atoms with Gasteiger partial charge in [-0.25, -0.2) is 8.78 Å². The first-order valence-electron chi connectivity index (χ1n) is 20.0. The van der Waals surface area contributed by atoms with Crippen molar-refractivity contribution in [2.45, 2.75) is 44.8 Å². The predicted octanol–water partition coefficient (Wildman–Crippen LogP) is 5.26. The van der Waals surface area contributed by atoms with Crippen LogP contribution in [-0.2, 0) is 27.5 Å². The van der Waals surface area contributed by atoms with Gasteiger partial charge in [0.1, 0.15) is 17.6 Å². The highest BCUT2D eigenvalue weighted by molar-refractivity contribution is 6.05. The largest absolute Gasteiger partial charge is 0.374 e. The number of hydrogen-bond donors (Lipinski definition) is 3. The Hall–Kier alpha value is -6.35. The van der Waals surface area contributed by atoms with E-state index in [9.17, 15) is 19.2 Å². The molecule has 8 rings (SSSR count). The number of fused-ring (bicyclic) bond motifs is 1. The second-order valence-corrected chi connectivity index (χ2v) is 15.6. The number of carbonyl (C=O) groups is 4. The molecule has 0 saturated carbocycles. The minimum Gasteiger partial charge on any atom is -0.374 e. The van der Waals surface area contributed by atoms with E-state index in [1.807, 2.05) is 41.4 Å². The zero-order valence-electron chi connectivity index (χ0n) is 33.1. The first-order valence-corrected chi connectivity index (χ1v) is 20.0. The molecule has 15 heteroatoms. The third kappa shape index (κ3) is 8.60. The number of aryl methyl sites for hydroxylation is 1. The van der Waals surface area contributed by atoms with Gasteiger partial charge in [0.15, 0.2) is 5.82 Å². The van der Waals surface area contributed by atoms with Gasteiger partial charge in [0.2, 0.25) is 17.7 Å². The summed E-state index contributed by atoms with van der Waals surface area (Å²) in [5.41, 5.74) is 5.35. The Kier molecular flexibility index (Phi) is 11.3. The molecule has 1 atom stereocenters. The fourth-order valence-electron chi connectivity index (χ4n) is 8.12. The van der Waals surface area contributed by atoms with Crippen molar-refractivity contribution in [3.05, 3.63) is 108 Å². The number of nitrogens with one attached hydrogen (secondary N) is 3. The lowest BCUT2D eigenvalue weighted by molar-refractivity contribution is -0.134. The molecule has 306 valence electrons. The van der Waals surface area contributed by atoms with Gasteiger partial charge in [-0.15, -0.1) is 0 Å². The fraction of sp³-hybridized carbons (Fsp3) is 0.341. The molecular formula is C44H47F2N9O4. The second kappa shape index (κ2) is 16.9. The molecule has 5 aromatic rings. The molecule has 3 aromatic carbocycles. The molecule has 4 amide bonds. The van der Waals surface area contributed by atoms with Crippen LogP contribution >= 0.6 is 0 Å². The molecule has 1 unspecified atom stereocenters. The molecule has 0 spiro atoms. The predicted molar refractivity (Wildman–Crippen MR) is 221 cm³/mol. The van der Waals surface area contributed by atoms with Gasteiger partial charge < -0.3 is 25.0 Å². The standard InChI is InChI=1S/C44H47F2N9O4/c1-51(2)44(59)37-25-34-32(24-33(41(46)42(34)49-37)30-5-3-16-54(27-30)40(57)14-18-55-17-4-15-47-55)29-8-6-28(7-9-29)26-52-19-21-53(22-20-52)38-12-10-31(23-35(38)45)48-36-11-13-39(56)50-43(36)58/h4-10,12,15,17,23-25,36,48-49H,3,11,13-14,16,18-22,26-27H2,1-2H3,(H,50,56,58). The molecule has 3 N–H and O–H groups in total. The topological polar surface area (TPSA) is 139 Å². The number of benzene rings is 3. The first kappa shape index (κ1) is 39.5. The third-order valence-electron chi connectivity index (χ3n) is 11.4. The minimum absolute atomic E-state index is 0.0223. The number of piperazine rings is 1. The lowest BCUT2D eigenvalue weighted by atomic mass is 9.93. The second-order valence-electron chi connectivity index (χ2n) is 15.6. The summed E-state index contributed by atoms with van der Waals surface area (Å²) in [6, 6.07) is 17.8. The average Bonchev–Trinajstić information content (AvgIpc) is 3.93. The molecule has 2 saturated heterocycles. The molecule has 3 aliphatic heterocycles. The van der Waals surface area contributed by atoms with E-state index >= 15 is 8.78 Å². The summed E-state index contributed by atoms with van der Waals surface area (Å²) in [6.45, 7) is 4.70. The SMILES string of the molecule is CN(C)C(=O)c1cc2c(-c3ccc(CN4CCN(c5ccc(NC6CCC(=O)NC6=O)cc5F)CC4)cc3)cc(C3=CCCN(C(=O)CCn4cccn4)C3)c(F)c2[nH]1. The number of rotatable bonds is 11. The molecule has 0 bridgehead atoms. The van der Waals surface area contributed by atoms with Gasteiger partial charge in [-0.1, -0.05) is 30.3 Å². The number of aromatic amines is 1. The molecule has 59 heavy (non-hydrogen) atoms. The average molecular weight is 804 g/mol. The smallest absolute Gasteiger partial charge is 0.269 e. The monoisotopic (exact) mass is 803 g/mol. The van der Waals surface area contributed by atoms with E-state index < -0.39 is 17.8 Å². The quantitative estimate of drug-likeness (QED) is 0.154. The highest BCUT2D eigenvalue weighted by Crippen LogP contribution is 2.37. The third-order valence-corrected chi connectivity index (χ3v) is 11.4. The maximum absolute atomic E-state index is 16.5. The maximum atomic E-state index is 16.5. The maximum Gasteiger partial charge on any atom is 0.269 e. The van der Waals surface area contributed by atoms with Crippen LogP contribution in [0.1, 0.15) is 47.3 Å². The molecule has 0 radical (unpaired) electrons. The Morgan fingerprint density at radius 1 is 0.966 bits per heavy atom. The summed E-state index contributed by atoms with van der Waals surface area (Å²) >= 11 is 0. The summed E-state index contributed by atoms with van der Waals surface area (Å²) in [4.78, 5) is 60.5. The van der Waals surface area contributed by atoms with Crippen LogP contribution in [0.25, 0.3) is 27.6 Å². The van der Waals surface area contributed by atoms with Crippen molar-refractivity contribution >= 4 is 51.5 Å². The van der Waals surface area contributed by atoms with E-state index in [2.05, 4.69) is 37.7 Å². The number of hydrogen-bond acceptors (Lipinski definition) is 8. The highest BCUT2D eigenvalue weighted by Gasteiger charge is 2.28. The van der Waals surface area contributed by atoms with Crippen molar-refractivity contribution in [2.75, 3.05) is 63.6 Å². The molecule has 2 aromatic heterocycles. The van der Waals surface area contributed by atoms with Crippen LogP contribution in [-0.4, -0.2) is 112 Å². The Labute approximate surface area is 340 Å². The van der Waals surface area contributed by atoms with Crippen LogP contribution in [0.2, 0.25) is 0 Å².